The van der Waals surface area contributed by atoms with Crippen molar-refractivity contribution in [3.63, 3.8) is 0 Å². The Hall–Kier alpha value is -2.32. The van der Waals surface area contributed by atoms with Gasteiger partial charge in [0.15, 0.2) is 0 Å². The number of piperazine rings is 1. The van der Waals surface area contributed by atoms with Crippen LogP contribution in [0.3, 0.4) is 0 Å². The lowest BCUT2D eigenvalue weighted by Gasteiger charge is -2.38. The van der Waals surface area contributed by atoms with Crippen molar-refractivity contribution in [3.8, 4) is 0 Å². The predicted molar refractivity (Wildman–Crippen MR) is 135 cm³/mol. The third-order valence-corrected chi connectivity index (χ3v) is 6.94. The monoisotopic (exact) mass is 468 g/mol. The number of hydrogen-bond acceptors (Lipinski definition) is 7. The van der Waals surface area contributed by atoms with Crippen LogP contribution in [0.15, 0.2) is 78.0 Å². The lowest BCUT2D eigenvalue weighted by molar-refractivity contribution is 0.246. The van der Waals surface area contributed by atoms with Gasteiger partial charge in [0.1, 0.15) is 0 Å². The predicted octanol–water partition coefficient (Wildman–Crippen LogP) is 4.53. The molecule has 1 fully saturated rings. The summed E-state index contributed by atoms with van der Waals surface area (Å²) in [4.78, 5) is 17.4. The Labute approximate surface area is 200 Å². The largest absolute Gasteiger partial charge is 0.338 e. The van der Waals surface area contributed by atoms with Gasteiger partial charge in [0.05, 0.1) is 12.4 Å². The number of nitrogens with zero attached hydrogens (tertiary/aromatic N) is 6. The van der Waals surface area contributed by atoms with Gasteiger partial charge in [-0.3, -0.25) is 4.90 Å². The molecule has 3 heterocycles. The molecule has 0 amide bonds. The molecule has 2 aromatic carbocycles. The third-order valence-electron chi connectivity index (χ3n) is 5.84. The summed E-state index contributed by atoms with van der Waals surface area (Å²) in [5.41, 5.74) is 2.55. The number of aromatic nitrogens is 2. The minimum Gasteiger partial charge on any atom is -0.338 e. The van der Waals surface area contributed by atoms with Gasteiger partial charge in [-0.15, -0.1) is 12.4 Å². The van der Waals surface area contributed by atoms with Crippen LogP contribution in [0.25, 0.3) is 0 Å². The van der Waals surface area contributed by atoms with Crippen LogP contribution in [0.4, 0.5) is 17.3 Å². The number of rotatable bonds is 6. The van der Waals surface area contributed by atoms with E-state index < -0.39 is 0 Å². The number of benzene rings is 2. The highest BCUT2D eigenvalue weighted by Crippen LogP contribution is 2.41. The number of para-hydroxylation sites is 2. The summed E-state index contributed by atoms with van der Waals surface area (Å²) in [6.07, 6.45) is 4.81. The van der Waals surface area contributed by atoms with Gasteiger partial charge < -0.3 is 9.80 Å². The molecule has 0 N–H and O–H groups in total. The summed E-state index contributed by atoms with van der Waals surface area (Å²) in [5.74, 6) is 0.853. The third kappa shape index (κ3) is 5.35. The lowest BCUT2D eigenvalue weighted by Crippen LogP contribution is -2.47. The average molecular weight is 469 g/mol. The van der Waals surface area contributed by atoms with E-state index >= 15 is 0 Å². The molecule has 3 aromatic rings. The van der Waals surface area contributed by atoms with E-state index in [0.717, 1.165) is 51.9 Å². The first kappa shape index (κ1) is 22.9. The molecule has 32 heavy (non-hydrogen) atoms. The highest BCUT2D eigenvalue weighted by molar-refractivity contribution is 7.97. The van der Waals surface area contributed by atoms with E-state index in [1.165, 1.54) is 22.7 Å². The zero-order chi connectivity index (χ0) is 20.9. The Morgan fingerprint density at radius 2 is 1.50 bits per heavy atom. The molecular weight excluding hydrogens is 440 g/mol. The van der Waals surface area contributed by atoms with Crippen molar-refractivity contribution in [2.24, 2.45) is 0 Å². The van der Waals surface area contributed by atoms with Crippen molar-refractivity contribution in [1.29, 1.82) is 0 Å². The molecule has 1 saturated heterocycles. The van der Waals surface area contributed by atoms with Crippen molar-refractivity contribution in [2.75, 3.05) is 55.7 Å². The molecule has 2 aliphatic rings. The molecule has 0 unspecified atom stereocenters. The minimum absolute atomic E-state index is 0. The van der Waals surface area contributed by atoms with Crippen LogP contribution in [0.1, 0.15) is 6.42 Å². The van der Waals surface area contributed by atoms with Crippen molar-refractivity contribution < 1.29 is 0 Å². The highest BCUT2D eigenvalue weighted by atomic mass is 35.5. The molecule has 0 bridgehead atoms. The molecule has 0 atom stereocenters. The Balaban J connectivity index is 0.00000245. The van der Waals surface area contributed by atoms with Gasteiger partial charge in [-0.25, -0.2) is 14.3 Å². The van der Waals surface area contributed by atoms with E-state index in [4.69, 9.17) is 0 Å². The molecule has 8 heteroatoms. The van der Waals surface area contributed by atoms with Gasteiger partial charge in [-0.1, -0.05) is 30.3 Å². The molecule has 168 valence electrons. The van der Waals surface area contributed by atoms with Crippen molar-refractivity contribution in [3.05, 3.63) is 73.1 Å². The molecular formula is C24H29ClN6S. The van der Waals surface area contributed by atoms with Gasteiger partial charge in [0.25, 0.3) is 0 Å². The quantitative estimate of drug-likeness (QED) is 0.492. The van der Waals surface area contributed by atoms with Crippen molar-refractivity contribution in [1.82, 2.24) is 19.2 Å². The second kappa shape index (κ2) is 11.0. The molecule has 0 spiro atoms. The molecule has 0 radical (unpaired) electrons. The fourth-order valence-corrected chi connectivity index (χ4v) is 5.28. The van der Waals surface area contributed by atoms with Crippen molar-refractivity contribution >= 4 is 41.7 Å². The summed E-state index contributed by atoms with van der Waals surface area (Å²) in [7, 11) is 0. The molecule has 5 rings (SSSR count). The molecule has 2 aliphatic heterocycles. The summed E-state index contributed by atoms with van der Waals surface area (Å²) in [6, 6.07) is 21.3. The first-order chi connectivity index (χ1) is 15.4. The van der Waals surface area contributed by atoms with Crippen LogP contribution in [0.5, 0.6) is 0 Å². The fraction of sp³-hybridized carbons (Fsp3) is 0.333. The maximum absolute atomic E-state index is 4.38. The van der Waals surface area contributed by atoms with Crippen LogP contribution in [0, 0.1) is 0 Å². The van der Waals surface area contributed by atoms with Crippen LogP contribution >= 0.6 is 24.4 Å². The second-order valence-electron chi connectivity index (χ2n) is 7.90. The highest BCUT2D eigenvalue weighted by Gasteiger charge is 2.24. The topological polar surface area (TPSA) is 38.7 Å². The number of anilines is 3. The van der Waals surface area contributed by atoms with E-state index in [0.29, 0.717) is 0 Å². The van der Waals surface area contributed by atoms with E-state index in [2.05, 4.69) is 83.6 Å². The van der Waals surface area contributed by atoms with Gasteiger partial charge in [-0.2, -0.15) is 0 Å². The Kier molecular flexibility index (Phi) is 7.86. The maximum Gasteiger partial charge on any atom is 0.225 e. The Morgan fingerprint density at radius 3 is 2.28 bits per heavy atom. The first-order valence-corrected chi connectivity index (χ1v) is 11.7. The van der Waals surface area contributed by atoms with Gasteiger partial charge in [-0.05, 0) is 55.2 Å². The number of hydrogen-bond donors (Lipinski definition) is 0. The second-order valence-corrected chi connectivity index (χ2v) is 9.04. The summed E-state index contributed by atoms with van der Waals surface area (Å²) >= 11 is 1.89. The van der Waals surface area contributed by atoms with E-state index in [9.17, 15) is 0 Å². The Bertz CT molecular complexity index is 968. The smallest absolute Gasteiger partial charge is 0.225 e. The molecule has 6 nitrogen and oxygen atoms in total. The minimum atomic E-state index is 0. The van der Waals surface area contributed by atoms with E-state index in [1.54, 1.807) is 0 Å². The molecule has 1 aromatic heterocycles. The van der Waals surface area contributed by atoms with E-state index in [-0.39, 0.29) is 12.4 Å². The van der Waals surface area contributed by atoms with Gasteiger partial charge in [0, 0.05) is 55.7 Å². The fourth-order valence-electron chi connectivity index (χ4n) is 4.20. The van der Waals surface area contributed by atoms with Crippen LogP contribution in [-0.4, -0.2) is 65.1 Å². The molecule has 0 aliphatic carbocycles. The summed E-state index contributed by atoms with van der Waals surface area (Å²) in [6.45, 7) is 7.26. The SMILES string of the molecule is Cl.c1ccc(N2CN(CCCN3CCN(c4ncccn4)CC3)Sc3ccccc32)cc1. The van der Waals surface area contributed by atoms with Crippen LogP contribution in [0.2, 0.25) is 0 Å². The van der Waals surface area contributed by atoms with Crippen LogP contribution in [-0.2, 0) is 0 Å². The van der Waals surface area contributed by atoms with Crippen LogP contribution < -0.4 is 9.80 Å². The summed E-state index contributed by atoms with van der Waals surface area (Å²) in [5, 5.41) is 0. The average Bonchev–Trinajstić information content (AvgIpc) is 2.85. The first-order valence-electron chi connectivity index (χ1n) is 11.0. The maximum atomic E-state index is 4.38. The van der Waals surface area contributed by atoms with E-state index in [1.807, 2.05) is 30.4 Å². The van der Waals surface area contributed by atoms with Gasteiger partial charge >= 0.3 is 0 Å². The zero-order valence-electron chi connectivity index (χ0n) is 18.1. The lowest BCUT2D eigenvalue weighted by atomic mass is 10.2. The summed E-state index contributed by atoms with van der Waals surface area (Å²) < 4.78 is 2.49. The number of fused-ring (bicyclic) bond motifs is 1. The Morgan fingerprint density at radius 1 is 0.781 bits per heavy atom. The number of halogens is 1. The molecule has 0 saturated carbocycles. The normalized spacial score (nSPS) is 17.0. The van der Waals surface area contributed by atoms with Gasteiger partial charge in [0.2, 0.25) is 5.95 Å². The van der Waals surface area contributed by atoms with Crippen molar-refractivity contribution in [2.45, 2.75) is 11.3 Å². The standard InChI is InChI=1S/C24H28N6S.ClH/c1-2-8-21(9-3-1)30-20-29(31-23-11-5-4-10-22(23)30)15-7-14-27-16-18-28(19-17-27)24-25-12-6-13-26-24;/h1-6,8-13H,7,14-20H2;1H. The zero-order valence-corrected chi connectivity index (χ0v) is 19.7.